The Morgan fingerprint density at radius 1 is 1.30 bits per heavy atom. The zero-order valence-corrected chi connectivity index (χ0v) is 16.1. The van der Waals surface area contributed by atoms with E-state index in [1.165, 1.54) is 29.5 Å². The number of benzene rings is 1. The number of likely N-dealkylation sites (tertiary alicyclic amines) is 1. The van der Waals surface area contributed by atoms with E-state index in [0.717, 1.165) is 55.0 Å². The van der Waals surface area contributed by atoms with Crippen LogP contribution in [0.3, 0.4) is 0 Å². The molecule has 1 fully saturated rings. The summed E-state index contributed by atoms with van der Waals surface area (Å²) < 4.78 is 39.3. The van der Waals surface area contributed by atoms with E-state index in [0.29, 0.717) is 5.13 Å². The number of amides is 1. The van der Waals surface area contributed by atoms with Crippen LogP contribution in [0.4, 0.5) is 18.3 Å². The highest BCUT2D eigenvalue weighted by Gasteiger charge is 2.35. The van der Waals surface area contributed by atoms with E-state index in [1.807, 2.05) is 6.92 Å². The van der Waals surface area contributed by atoms with Crippen molar-refractivity contribution in [2.45, 2.75) is 39.4 Å². The van der Waals surface area contributed by atoms with Crippen LogP contribution in [0.1, 0.15) is 46.3 Å². The van der Waals surface area contributed by atoms with E-state index in [2.05, 4.69) is 22.1 Å². The van der Waals surface area contributed by atoms with Crippen LogP contribution in [0.15, 0.2) is 24.3 Å². The van der Waals surface area contributed by atoms with Crippen LogP contribution >= 0.6 is 11.3 Å². The molecule has 1 N–H and O–H groups in total. The number of aromatic nitrogens is 1. The molecule has 1 amide bonds. The first-order chi connectivity index (χ1) is 12.7. The molecule has 2 aromatic rings. The Balaban J connectivity index is 1.71. The fraction of sp³-hybridized carbons (Fsp3) is 0.474. The summed E-state index contributed by atoms with van der Waals surface area (Å²) in [6.45, 7) is 6.92. The second kappa shape index (κ2) is 7.98. The fourth-order valence-electron chi connectivity index (χ4n) is 3.14. The summed E-state index contributed by atoms with van der Waals surface area (Å²) in [5.41, 5.74) is -0.541. The van der Waals surface area contributed by atoms with Gasteiger partial charge in [-0.05, 0) is 50.9 Å². The number of hydrogen-bond donors (Lipinski definition) is 1. The van der Waals surface area contributed by atoms with Gasteiger partial charge in [-0.15, -0.1) is 11.3 Å². The van der Waals surface area contributed by atoms with Crippen molar-refractivity contribution in [2.75, 3.05) is 18.4 Å². The molecule has 1 saturated heterocycles. The number of carbonyl (C=O) groups excluding carboxylic acids is 1. The van der Waals surface area contributed by atoms with Crippen molar-refractivity contribution >= 4 is 22.4 Å². The van der Waals surface area contributed by atoms with Crippen LogP contribution in [0.5, 0.6) is 0 Å². The number of nitrogens with one attached hydrogen (secondary N) is 1. The van der Waals surface area contributed by atoms with Crippen LogP contribution < -0.4 is 5.32 Å². The van der Waals surface area contributed by atoms with Crippen molar-refractivity contribution in [3.63, 3.8) is 0 Å². The lowest BCUT2D eigenvalue weighted by Crippen LogP contribution is -2.32. The largest absolute Gasteiger partial charge is 0.417 e. The molecule has 27 heavy (non-hydrogen) atoms. The van der Waals surface area contributed by atoms with Crippen LogP contribution in [0.2, 0.25) is 0 Å². The first kappa shape index (κ1) is 19.8. The van der Waals surface area contributed by atoms with Crippen LogP contribution in [0, 0.1) is 12.8 Å². The molecule has 0 spiro atoms. The van der Waals surface area contributed by atoms with Crippen molar-refractivity contribution in [1.82, 2.24) is 9.88 Å². The standard InChI is InChI=1S/C19H22F3N3OS/c1-12-7-9-25(10-8-12)11-16-13(2)23-18(27-16)24-17(26)14-5-3-4-6-15(14)19(20,21)22/h3-6,12H,7-11H2,1-2H3,(H,23,24,26). The van der Waals surface area contributed by atoms with Crippen molar-refractivity contribution < 1.29 is 18.0 Å². The van der Waals surface area contributed by atoms with E-state index in [9.17, 15) is 18.0 Å². The minimum absolute atomic E-state index is 0.329. The van der Waals surface area contributed by atoms with Gasteiger partial charge in [0.05, 0.1) is 16.8 Å². The monoisotopic (exact) mass is 397 g/mol. The molecule has 1 aliphatic rings. The molecule has 146 valence electrons. The van der Waals surface area contributed by atoms with E-state index in [4.69, 9.17) is 0 Å². The number of aryl methyl sites for hydroxylation is 1. The molecule has 0 aliphatic carbocycles. The van der Waals surface area contributed by atoms with Gasteiger partial charge in [0.1, 0.15) is 0 Å². The fourth-order valence-corrected chi connectivity index (χ4v) is 4.14. The summed E-state index contributed by atoms with van der Waals surface area (Å²) in [6.07, 6.45) is -2.26. The average molecular weight is 397 g/mol. The van der Waals surface area contributed by atoms with Crippen LogP contribution in [-0.4, -0.2) is 28.9 Å². The summed E-state index contributed by atoms with van der Waals surface area (Å²) in [4.78, 5) is 20.1. The third-order valence-electron chi connectivity index (χ3n) is 4.83. The molecular formula is C19H22F3N3OS. The summed E-state index contributed by atoms with van der Waals surface area (Å²) in [5.74, 6) is -0.0534. The Labute approximate surface area is 160 Å². The Morgan fingerprint density at radius 2 is 1.96 bits per heavy atom. The molecule has 0 atom stereocenters. The molecule has 0 unspecified atom stereocenters. The number of anilines is 1. The molecule has 3 rings (SSSR count). The Kier molecular flexibility index (Phi) is 5.86. The molecule has 0 saturated carbocycles. The van der Waals surface area contributed by atoms with Gasteiger partial charge in [0.25, 0.3) is 5.91 Å². The number of carbonyl (C=O) groups is 1. The van der Waals surface area contributed by atoms with Gasteiger partial charge >= 0.3 is 6.18 Å². The van der Waals surface area contributed by atoms with Crippen molar-refractivity contribution in [3.8, 4) is 0 Å². The maximum absolute atomic E-state index is 13.1. The summed E-state index contributed by atoms with van der Waals surface area (Å²) in [7, 11) is 0. The quantitative estimate of drug-likeness (QED) is 0.794. The van der Waals surface area contributed by atoms with Gasteiger partial charge in [0.2, 0.25) is 0 Å². The Morgan fingerprint density at radius 3 is 2.63 bits per heavy atom. The summed E-state index contributed by atoms with van der Waals surface area (Å²) in [5, 5.41) is 2.85. The number of hydrogen-bond acceptors (Lipinski definition) is 4. The van der Waals surface area contributed by atoms with Gasteiger partial charge in [0, 0.05) is 11.4 Å². The first-order valence-corrected chi connectivity index (χ1v) is 9.72. The SMILES string of the molecule is Cc1nc(NC(=O)c2ccccc2C(F)(F)F)sc1CN1CCC(C)CC1. The minimum Gasteiger partial charge on any atom is -0.298 e. The molecule has 1 aromatic carbocycles. The highest BCUT2D eigenvalue weighted by atomic mass is 32.1. The maximum atomic E-state index is 13.1. The molecule has 0 radical (unpaired) electrons. The third kappa shape index (κ3) is 4.87. The highest BCUT2D eigenvalue weighted by molar-refractivity contribution is 7.15. The topological polar surface area (TPSA) is 45.2 Å². The summed E-state index contributed by atoms with van der Waals surface area (Å²) >= 11 is 1.32. The van der Waals surface area contributed by atoms with Crippen LogP contribution in [-0.2, 0) is 12.7 Å². The second-order valence-electron chi connectivity index (χ2n) is 6.98. The van der Waals surface area contributed by atoms with Crippen molar-refractivity contribution in [1.29, 1.82) is 0 Å². The molecule has 0 bridgehead atoms. The molecule has 1 aliphatic heterocycles. The molecular weight excluding hydrogens is 375 g/mol. The van der Waals surface area contributed by atoms with E-state index in [1.54, 1.807) is 0 Å². The zero-order valence-electron chi connectivity index (χ0n) is 15.3. The van der Waals surface area contributed by atoms with Gasteiger partial charge in [0.15, 0.2) is 5.13 Å². The average Bonchev–Trinajstić information content (AvgIpc) is 2.95. The third-order valence-corrected chi connectivity index (χ3v) is 5.89. The minimum atomic E-state index is -4.58. The Bertz CT molecular complexity index is 811. The van der Waals surface area contributed by atoms with Gasteiger partial charge in [-0.25, -0.2) is 4.98 Å². The van der Waals surface area contributed by atoms with Gasteiger partial charge in [-0.1, -0.05) is 19.1 Å². The number of thiazole rings is 1. The predicted molar refractivity (Wildman–Crippen MR) is 99.9 cm³/mol. The molecule has 4 nitrogen and oxygen atoms in total. The van der Waals surface area contributed by atoms with Crippen molar-refractivity contribution in [2.24, 2.45) is 5.92 Å². The zero-order chi connectivity index (χ0) is 19.6. The van der Waals surface area contributed by atoms with E-state index in [-0.39, 0.29) is 0 Å². The van der Waals surface area contributed by atoms with Gasteiger partial charge < -0.3 is 0 Å². The normalized spacial score (nSPS) is 16.5. The van der Waals surface area contributed by atoms with Gasteiger partial charge in [-0.3, -0.25) is 15.0 Å². The lowest BCUT2D eigenvalue weighted by molar-refractivity contribution is -0.137. The number of piperidine rings is 1. The number of nitrogens with zero attached hydrogens (tertiary/aromatic N) is 2. The lowest BCUT2D eigenvalue weighted by atomic mass is 9.99. The van der Waals surface area contributed by atoms with Crippen LogP contribution in [0.25, 0.3) is 0 Å². The number of halogens is 3. The van der Waals surface area contributed by atoms with Gasteiger partial charge in [-0.2, -0.15) is 13.2 Å². The lowest BCUT2D eigenvalue weighted by Gasteiger charge is -2.29. The smallest absolute Gasteiger partial charge is 0.298 e. The summed E-state index contributed by atoms with van der Waals surface area (Å²) in [6, 6.07) is 4.77. The number of alkyl halides is 3. The van der Waals surface area contributed by atoms with Crippen molar-refractivity contribution in [3.05, 3.63) is 46.0 Å². The Hall–Kier alpha value is -1.93. The molecule has 1 aromatic heterocycles. The van der Waals surface area contributed by atoms with E-state index < -0.39 is 23.2 Å². The highest BCUT2D eigenvalue weighted by Crippen LogP contribution is 2.33. The second-order valence-corrected chi connectivity index (χ2v) is 8.07. The predicted octanol–water partition coefficient (Wildman–Crippen LogP) is 4.95. The van der Waals surface area contributed by atoms with E-state index >= 15 is 0 Å². The number of rotatable bonds is 4. The maximum Gasteiger partial charge on any atom is 0.417 e. The molecule has 8 heteroatoms. The molecule has 2 heterocycles. The first-order valence-electron chi connectivity index (χ1n) is 8.90.